The van der Waals surface area contributed by atoms with Gasteiger partial charge in [-0.2, -0.15) is 0 Å². The Morgan fingerprint density at radius 1 is 1.17 bits per heavy atom. The molecule has 8 heteroatoms. The number of rotatable bonds is 7. The standard InChI is InChI=1S/C21H29N3O5/c1-7-24(19(27)16(13-25)23-20(28)29-21(4,5)6)17(18(26)22-14(2)3)15-11-9-8-10-12-15/h1,8-12,14,16-17,25H,13H2,2-6H3,(H,22,26)(H,23,28). The molecule has 1 aromatic carbocycles. The molecule has 0 aliphatic rings. The van der Waals surface area contributed by atoms with Crippen LogP contribution >= 0.6 is 0 Å². The van der Waals surface area contributed by atoms with Crippen LogP contribution < -0.4 is 10.6 Å². The normalized spacial score (nSPS) is 13.0. The number of amides is 3. The van der Waals surface area contributed by atoms with Crippen LogP contribution in [0.5, 0.6) is 0 Å². The monoisotopic (exact) mass is 403 g/mol. The number of nitrogens with one attached hydrogen (secondary N) is 2. The number of hydrogen-bond acceptors (Lipinski definition) is 5. The SMILES string of the molecule is C#CN(C(=O)C(CO)NC(=O)OC(C)(C)C)C(C(=O)NC(C)C)c1ccccc1. The van der Waals surface area contributed by atoms with E-state index in [0.29, 0.717) is 5.56 Å². The fraction of sp³-hybridized carbons (Fsp3) is 0.476. The van der Waals surface area contributed by atoms with Crippen LogP contribution in [0.4, 0.5) is 4.79 Å². The zero-order valence-electron chi connectivity index (χ0n) is 17.4. The van der Waals surface area contributed by atoms with Crippen LogP contribution in [-0.2, 0) is 14.3 Å². The summed E-state index contributed by atoms with van der Waals surface area (Å²) in [4.78, 5) is 38.7. The van der Waals surface area contributed by atoms with Crippen molar-refractivity contribution >= 4 is 17.9 Å². The lowest BCUT2D eigenvalue weighted by molar-refractivity contribution is -0.139. The number of terminal acetylenes is 1. The molecule has 0 aliphatic heterocycles. The molecule has 0 fully saturated rings. The van der Waals surface area contributed by atoms with Gasteiger partial charge in [-0.1, -0.05) is 36.8 Å². The summed E-state index contributed by atoms with van der Waals surface area (Å²) < 4.78 is 5.12. The van der Waals surface area contributed by atoms with Crippen LogP contribution in [0.3, 0.4) is 0 Å². The number of hydrogen-bond donors (Lipinski definition) is 3. The molecule has 0 bridgehead atoms. The molecular formula is C21H29N3O5. The summed E-state index contributed by atoms with van der Waals surface area (Å²) in [5.74, 6) is -1.29. The number of alkyl carbamates (subject to hydrolysis) is 1. The summed E-state index contributed by atoms with van der Waals surface area (Å²) >= 11 is 0. The van der Waals surface area contributed by atoms with Crippen molar-refractivity contribution in [2.75, 3.05) is 6.61 Å². The molecule has 0 heterocycles. The molecule has 1 aromatic rings. The first kappa shape index (κ1) is 24.0. The molecule has 8 nitrogen and oxygen atoms in total. The second-order valence-corrected chi connectivity index (χ2v) is 7.70. The highest BCUT2D eigenvalue weighted by molar-refractivity contribution is 5.93. The fourth-order valence-electron chi connectivity index (χ4n) is 2.49. The second kappa shape index (κ2) is 10.5. The minimum atomic E-state index is -1.38. The van der Waals surface area contributed by atoms with E-state index in [-0.39, 0.29) is 6.04 Å². The maximum absolute atomic E-state index is 13.0. The molecule has 0 saturated heterocycles. The molecule has 2 atom stereocenters. The van der Waals surface area contributed by atoms with E-state index < -0.39 is 42.2 Å². The smallest absolute Gasteiger partial charge is 0.408 e. The Labute approximate surface area is 171 Å². The maximum Gasteiger partial charge on any atom is 0.408 e. The van der Waals surface area contributed by atoms with E-state index in [9.17, 15) is 19.5 Å². The van der Waals surface area contributed by atoms with Crippen LogP contribution in [0.15, 0.2) is 30.3 Å². The zero-order chi connectivity index (χ0) is 22.2. The highest BCUT2D eigenvalue weighted by Gasteiger charge is 2.35. The van der Waals surface area contributed by atoms with E-state index in [2.05, 4.69) is 16.7 Å². The molecule has 158 valence electrons. The summed E-state index contributed by atoms with van der Waals surface area (Å²) in [5, 5.41) is 14.7. The van der Waals surface area contributed by atoms with E-state index in [1.54, 1.807) is 65.0 Å². The first-order valence-electron chi connectivity index (χ1n) is 9.25. The molecular weight excluding hydrogens is 374 g/mol. The van der Waals surface area contributed by atoms with Crippen LogP contribution in [-0.4, -0.2) is 52.2 Å². The Balaban J connectivity index is 3.18. The van der Waals surface area contributed by atoms with Gasteiger partial charge in [0, 0.05) is 12.1 Å². The van der Waals surface area contributed by atoms with Crippen molar-refractivity contribution in [3.05, 3.63) is 35.9 Å². The second-order valence-electron chi connectivity index (χ2n) is 7.70. The molecule has 29 heavy (non-hydrogen) atoms. The number of aliphatic hydroxyl groups is 1. The molecule has 0 spiro atoms. The van der Waals surface area contributed by atoms with Crippen molar-refractivity contribution in [1.29, 1.82) is 0 Å². The predicted molar refractivity (Wildman–Crippen MR) is 108 cm³/mol. The number of carbonyl (C=O) groups excluding carboxylic acids is 3. The largest absolute Gasteiger partial charge is 0.444 e. The third-order valence-corrected chi connectivity index (χ3v) is 3.60. The summed E-state index contributed by atoms with van der Waals surface area (Å²) in [6.07, 6.45) is 4.67. The van der Waals surface area contributed by atoms with Crippen molar-refractivity contribution in [3.8, 4) is 12.5 Å². The van der Waals surface area contributed by atoms with Gasteiger partial charge in [0.25, 0.3) is 5.91 Å². The number of aliphatic hydroxyl groups excluding tert-OH is 1. The number of nitrogens with zero attached hydrogens (tertiary/aromatic N) is 1. The molecule has 0 saturated carbocycles. The maximum atomic E-state index is 13.0. The average Bonchev–Trinajstić information content (AvgIpc) is 2.62. The molecule has 0 aromatic heterocycles. The Bertz CT molecular complexity index is 750. The van der Waals surface area contributed by atoms with Crippen LogP contribution in [0, 0.1) is 12.5 Å². The van der Waals surface area contributed by atoms with Gasteiger partial charge in [0.05, 0.1) is 6.61 Å². The van der Waals surface area contributed by atoms with Crippen molar-refractivity contribution in [2.24, 2.45) is 0 Å². The summed E-state index contributed by atoms with van der Waals surface area (Å²) in [6, 6.07) is 8.04. The van der Waals surface area contributed by atoms with Gasteiger partial charge in [-0.3, -0.25) is 14.5 Å². The summed E-state index contributed by atoms with van der Waals surface area (Å²) in [6.45, 7) is 7.84. The highest BCUT2D eigenvalue weighted by Crippen LogP contribution is 2.22. The van der Waals surface area contributed by atoms with E-state index in [4.69, 9.17) is 11.2 Å². The Morgan fingerprint density at radius 3 is 2.21 bits per heavy atom. The fourth-order valence-corrected chi connectivity index (χ4v) is 2.49. The van der Waals surface area contributed by atoms with Gasteiger partial charge in [-0.05, 0) is 40.2 Å². The predicted octanol–water partition coefficient (Wildman–Crippen LogP) is 1.56. The van der Waals surface area contributed by atoms with Crippen molar-refractivity contribution in [1.82, 2.24) is 15.5 Å². The molecule has 3 amide bonds. The van der Waals surface area contributed by atoms with Crippen LogP contribution in [0.2, 0.25) is 0 Å². The van der Waals surface area contributed by atoms with Gasteiger partial charge in [0.2, 0.25) is 5.91 Å². The molecule has 1 rings (SSSR count). The first-order chi connectivity index (χ1) is 13.5. The number of ether oxygens (including phenoxy) is 1. The molecule has 3 N–H and O–H groups in total. The number of carbonyl (C=O) groups is 3. The van der Waals surface area contributed by atoms with Crippen LogP contribution in [0.25, 0.3) is 0 Å². The van der Waals surface area contributed by atoms with E-state index in [1.165, 1.54) is 0 Å². The lowest BCUT2D eigenvalue weighted by Gasteiger charge is -2.30. The van der Waals surface area contributed by atoms with Gasteiger partial charge >= 0.3 is 6.09 Å². The zero-order valence-corrected chi connectivity index (χ0v) is 17.4. The van der Waals surface area contributed by atoms with Crippen molar-refractivity contribution < 1.29 is 24.2 Å². The Morgan fingerprint density at radius 2 is 1.76 bits per heavy atom. The van der Waals surface area contributed by atoms with Crippen LogP contribution in [0.1, 0.15) is 46.2 Å². The Hall–Kier alpha value is -3.05. The molecule has 2 unspecified atom stereocenters. The lowest BCUT2D eigenvalue weighted by atomic mass is 10.0. The average molecular weight is 403 g/mol. The first-order valence-corrected chi connectivity index (χ1v) is 9.25. The van der Waals surface area contributed by atoms with Gasteiger partial charge in [0.1, 0.15) is 17.7 Å². The van der Waals surface area contributed by atoms with E-state index in [1.807, 2.05) is 0 Å². The molecule has 0 aliphatic carbocycles. The summed E-state index contributed by atoms with van der Waals surface area (Å²) in [7, 11) is 0. The van der Waals surface area contributed by atoms with E-state index in [0.717, 1.165) is 4.90 Å². The topological polar surface area (TPSA) is 108 Å². The van der Waals surface area contributed by atoms with Gasteiger partial charge in [0.15, 0.2) is 0 Å². The minimum absolute atomic E-state index is 0.183. The molecule has 0 radical (unpaired) electrons. The van der Waals surface area contributed by atoms with Gasteiger partial charge in [-0.25, -0.2) is 4.79 Å². The lowest BCUT2D eigenvalue weighted by Crippen LogP contribution is -2.53. The Kier molecular flexibility index (Phi) is 8.67. The third-order valence-electron chi connectivity index (χ3n) is 3.60. The van der Waals surface area contributed by atoms with Gasteiger partial charge < -0.3 is 20.5 Å². The quantitative estimate of drug-likeness (QED) is 0.473. The van der Waals surface area contributed by atoms with E-state index >= 15 is 0 Å². The summed E-state index contributed by atoms with van der Waals surface area (Å²) in [5.41, 5.74) is -0.297. The minimum Gasteiger partial charge on any atom is -0.444 e. The van der Waals surface area contributed by atoms with Crippen molar-refractivity contribution in [2.45, 2.75) is 58.3 Å². The number of benzene rings is 1. The van der Waals surface area contributed by atoms with Crippen molar-refractivity contribution in [3.63, 3.8) is 0 Å². The van der Waals surface area contributed by atoms with Gasteiger partial charge in [-0.15, -0.1) is 0 Å². The highest BCUT2D eigenvalue weighted by atomic mass is 16.6. The third kappa shape index (κ3) is 7.47.